The van der Waals surface area contributed by atoms with E-state index in [1.165, 1.54) is 27.8 Å². The number of nitrogens with zero attached hydrogens (tertiary/aromatic N) is 2. The van der Waals surface area contributed by atoms with Crippen LogP contribution in [0.15, 0.2) is 78.9 Å². The topological polar surface area (TPSA) is 52.6 Å². The number of benzene rings is 4. The van der Waals surface area contributed by atoms with E-state index in [0.29, 0.717) is 5.56 Å². The van der Waals surface area contributed by atoms with Crippen LogP contribution < -0.4 is 0 Å². The van der Waals surface area contributed by atoms with Crippen molar-refractivity contribution in [2.75, 3.05) is 0 Å². The average molecular weight is 345 g/mol. The van der Waals surface area contributed by atoms with Gasteiger partial charge in [0.1, 0.15) is 0 Å². The minimum absolute atomic E-state index is 0.585. The molecule has 0 aliphatic carbocycles. The second-order valence-electron chi connectivity index (χ2n) is 6.56. The Morgan fingerprint density at radius 3 is 2.41 bits per heavy atom. The molecular formula is C24H15N3. The SMILES string of the molecule is N#Cc1ccc(C=N)c(-n2c3ccccc3c3c4ccccc4ccc32)c1. The standard InChI is InChI=1S/C24H15N3/c25-14-16-9-10-18(15-26)23(13-16)27-21-8-4-3-7-20(21)24-19-6-2-1-5-17(19)11-12-22(24)27/h1-13,15,26H. The molecule has 0 radical (unpaired) electrons. The summed E-state index contributed by atoms with van der Waals surface area (Å²) < 4.78 is 2.16. The number of nitriles is 1. The van der Waals surface area contributed by atoms with Gasteiger partial charge in [-0.05, 0) is 35.0 Å². The van der Waals surface area contributed by atoms with Gasteiger partial charge >= 0.3 is 0 Å². The van der Waals surface area contributed by atoms with E-state index in [4.69, 9.17) is 5.41 Å². The second kappa shape index (κ2) is 5.82. The van der Waals surface area contributed by atoms with Crippen LogP contribution in [-0.4, -0.2) is 10.8 Å². The molecule has 27 heavy (non-hydrogen) atoms. The van der Waals surface area contributed by atoms with Gasteiger partial charge in [-0.1, -0.05) is 54.6 Å². The van der Waals surface area contributed by atoms with Gasteiger partial charge in [0.05, 0.1) is 28.4 Å². The number of aromatic nitrogens is 1. The van der Waals surface area contributed by atoms with Gasteiger partial charge in [0.15, 0.2) is 0 Å². The molecule has 5 aromatic rings. The fraction of sp³-hybridized carbons (Fsp3) is 0. The summed E-state index contributed by atoms with van der Waals surface area (Å²) in [5.74, 6) is 0. The van der Waals surface area contributed by atoms with E-state index >= 15 is 0 Å². The molecule has 0 fully saturated rings. The summed E-state index contributed by atoms with van der Waals surface area (Å²) in [5.41, 5.74) is 4.37. The van der Waals surface area contributed by atoms with Crippen LogP contribution in [0.5, 0.6) is 0 Å². The number of rotatable bonds is 2. The Hall–Kier alpha value is -3.90. The quantitative estimate of drug-likeness (QED) is 0.403. The highest BCUT2D eigenvalue weighted by atomic mass is 15.0. The highest BCUT2D eigenvalue weighted by Crippen LogP contribution is 2.37. The van der Waals surface area contributed by atoms with Crippen LogP contribution in [0.3, 0.4) is 0 Å². The minimum atomic E-state index is 0.585. The van der Waals surface area contributed by atoms with Gasteiger partial charge in [-0.3, -0.25) is 0 Å². The normalized spacial score (nSPS) is 11.1. The Balaban J connectivity index is 2.04. The van der Waals surface area contributed by atoms with Crippen LogP contribution in [0.2, 0.25) is 0 Å². The van der Waals surface area contributed by atoms with E-state index in [0.717, 1.165) is 22.3 Å². The number of hydrogen-bond donors (Lipinski definition) is 1. The average Bonchev–Trinajstić information content (AvgIpc) is 3.08. The van der Waals surface area contributed by atoms with Gasteiger partial charge in [-0.2, -0.15) is 5.26 Å². The maximum absolute atomic E-state index is 9.37. The van der Waals surface area contributed by atoms with Crippen molar-refractivity contribution in [3.63, 3.8) is 0 Å². The molecule has 0 bridgehead atoms. The molecule has 4 aromatic carbocycles. The first kappa shape index (κ1) is 15.4. The fourth-order valence-corrected chi connectivity index (χ4v) is 3.93. The van der Waals surface area contributed by atoms with Crippen LogP contribution in [0.1, 0.15) is 11.1 Å². The van der Waals surface area contributed by atoms with E-state index in [-0.39, 0.29) is 0 Å². The number of hydrogen-bond acceptors (Lipinski definition) is 2. The summed E-state index contributed by atoms with van der Waals surface area (Å²) in [4.78, 5) is 0. The summed E-state index contributed by atoms with van der Waals surface area (Å²) in [5, 5.41) is 22.0. The lowest BCUT2D eigenvalue weighted by Crippen LogP contribution is -1.99. The zero-order valence-electron chi connectivity index (χ0n) is 14.5. The van der Waals surface area contributed by atoms with Gasteiger partial charge in [0, 0.05) is 22.6 Å². The third-order valence-corrected chi connectivity index (χ3v) is 5.12. The molecule has 0 atom stereocenters. The minimum Gasteiger partial charge on any atom is -0.309 e. The Kier molecular flexibility index (Phi) is 3.31. The smallest absolute Gasteiger partial charge is 0.0992 e. The Labute approximate surface area is 156 Å². The van der Waals surface area contributed by atoms with Crippen LogP contribution >= 0.6 is 0 Å². The molecule has 0 saturated carbocycles. The van der Waals surface area contributed by atoms with Crippen LogP contribution in [0.4, 0.5) is 0 Å². The maximum Gasteiger partial charge on any atom is 0.0992 e. The van der Waals surface area contributed by atoms with Gasteiger partial charge in [0.25, 0.3) is 0 Å². The summed E-state index contributed by atoms with van der Waals surface area (Å²) in [6, 6.07) is 28.6. The molecule has 0 spiro atoms. The second-order valence-corrected chi connectivity index (χ2v) is 6.56. The molecule has 0 aliphatic heterocycles. The molecule has 0 unspecified atom stereocenters. The largest absolute Gasteiger partial charge is 0.309 e. The Morgan fingerprint density at radius 1 is 0.815 bits per heavy atom. The molecule has 3 heteroatoms. The highest BCUT2D eigenvalue weighted by molar-refractivity contribution is 6.21. The van der Waals surface area contributed by atoms with Crippen LogP contribution in [0.25, 0.3) is 38.3 Å². The highest BCUT2D eigenvalue weighted by Gasteiger charge is 2.16. The molecular weight excluding hydrogens is 330 g/mol. The zero-order valence-corrected chi connectivity index (χ0v) is 14.5. The number of nitrogens with one attached hydrogen (secondary N) is 1. The summed E-state index contributed by atoms with van der Waals surface area (Å²) in [6.07, 6.45) is 1.35. The molecule has 0 amide bonds. The van der Waals surface area contributed by atoms with Crippen LogP contribution in [-0.2, 0) is 0 Å². The van der Waals surface area contributed by atoms with Gasteiger partial charge < -0.3 is 9.98 Å². The van der Waals surface area contributed by atoms with Crippen molar-refractivity contribution in [2.45, 2.75) is 0 Å². The number of para-hydroxylation sites is 1. The molecule has 1 aromatic heterocycles. The summed E-state index contributed by atoms with van der Waals surface area (Å²) in [7, 11) is 0. The van der Waals surface area contributed by atoms with Crippen molar-refractivity contribution >= 4 is 38.8 Å². The fourth-order valence-electron chi connectivity index (χ4n) is 3.93. The summed E-state index contributed by atoms with van der Waals surface area (Å²) >= 11 is 0. The van der Waals surface area contributed by atoms with Gasteiger partial charge in [0.2, 0.25) is 0 Å². The third kappa shape index (κ3) is 2.17. The maximum atomic E-state index is 9.37. The van der Waals surface area contributed by atoms with Crippen molar-refractivity contribution in [2.24, 2.45) is 0 Å². The zero-order chi connectivity index (χ0) is 18.4. The lowest BCUT2D eigenvalue weighted by molar-refractivity contribution is 1.17. The molecule has 0 saturated heterocycles. The van der Waals surface area contributed by atoms with E-state index < -0.39 is 0 Å². The summed E-state index contributed by atoms with van der Waals surface area (Å²) in [6.45, 7) is 0. The predicted molar refractivity (Wildman–Crippen MR) is 111 cm³/mol. The Morgan fingerprint density at radius 2 is 1.59 bits per heavy atom. The molecule has 1 N–H and O–H groups in total. The number of fused-ring (bicyclic) bond motifs is 5. The van der Waals surface area contributed by atoms with Crippen molar-refractivity contribution < 1.29 is 0 Å². The lowest BCUT2D eigenvalue weighted by atomic mass is 10.0. The molecule has 0 aliphatic rings. The molecule has 1 heterocycles. The molecule has 5 rings (SSSR count). The van der Waals surface area contributed by atoms with Crippen molar-refractivity contribution in [1.82, 2.24) is 4.57 Å². The van der Waals surface area contributed by atoms with Crippen molar-refractivity contribution in [1.29, 1.82) is 10.7 Å². The first-order valence-corrected chi connectivity index (χ1v) is 8.78. The lowest BCUT2D eigenvalue weighted by Gasteiger charge is -2.11. The first-order chi connectivity index (χ1) is 13.3. The Bertz CT molecular complexity index is 1400. The van der Waals surface area contributed by atoms with Crippen molar-refractivity contribution in [3.05, 3.63) is 90.0 Å². The van der Waals surface area contributed by atoms with Gasteiger partial charge in [-0.15, -0.1) is 0 Å². The van der Waals surface area contributed by atoms with Crippen molar-refractivity contribution in [3.8, 4) is 11.8 Å². The van der Waals surface area contributed by atoms with E-state index in [1.54, 1.807) is 6.07 Å². The third-order valence-electron chi connectivity index (χ3n) is 5.12. The van der Waals surface area contributed by atoms with E-state index in [1.807, 2.05) is 18.2 Å². The predicted octanol–water partition coefficient (Wildman–Crippen LogP) is 5.81. The first-order valence-electron chi connectivity index (χ1n) is 8.78. The van der Waals surface area contributed by atoms with Gasteiger partial charge in [-0.25, -0.2) is 0 Å². The van der Waals surface area contributed by atoms with E-state index in [9.17, 15) is 5.26 Å². The van der Waals surface area contributed by atoms with E-state index in [2.05, 4.69) is 65.2 Å². The molecule has 126 valence electrons. The van der Waals surface area contributed by atoms with Crippen LogP contribution in [0, 0.1) is 16.7 Å². The molecule has 3 nitrogen and oxygen atoms in total. The monoisotopic (exact) mass is 345 g/mol.